The lowest BCUT2D eigenvalue weighted by molar-refractivity contribution is -0.123. The molecule has 4 rings (SSSR count). The largest absolute Gasteiger partial charge is 0.488 e. The molecule has 156 valence electrons. The summed E-state index contributed by atoms with van der Waals surface area (Å²) in [6.45, 7) is 0.222. The molecular formula is C24H17ClFNO3S. The average molecular weight is 454 g/mol. The highest BCUT2D eigenvalue weighted by Gasteiger charge is 2.35. The van der Waals surface area contributed by atoms with Crippen molar-refractivity contribution in [3.63, 3.8) is 0 Å². The minimum atomic E-state index is -0.453. The fraction of sp³-hybridized carbons (Fsp3) is 0.0833. The fourth-order valence-corrected chi connectivity index (χ4v) is 4.00. The van der Waals surface area contributed by atoms with Crippen LogP contribution in [0.2, 0.25) is 5.02 Å². The van der Waals surface area contributed by atoms with Crippen LogP contribution in [0.15, 0.2) is 77.7 Å². The lowest BCUT2D eigenvalue weighted by atomic mass is 10.1. The maximum absolute atomic E-state index is 13.9. The standard InChI is InChI=1S/C24H17ClFNO3S/c25-19-11-9-16(10-12-19)15-30-21-8-4-2-5-17(21)13-22-23(28)27(24(29)31-22)14-18-6-1-3-7-20(18)26/h1-13H,14-15H2/b22-13+. The molecule has 1 fully saturated rings. The molecule has 2 amide bonds. The number of thioether (sulfide) groups is 1. The van der Waals surface area contributed by atoms with Crippen molar-refractivity contribution in [2.75, 3.05) is 0 Å². The van der Waals surface area contributed by atoms with Crippen LogP contribution in [0.25, 0.3) is 6.08 Å². The lowest BCUT2D eigenvalue weighted by Crippen LogP contribution is -2.27. The first-order chi connectivity index (χ1) is 15.0. The Kier molecular flexibility index (Phi) is 6.39. The summed E-state index contributed by atoms with van der Waals surface area (Å²) in [6, 6.07) is 20.7. The number of amides is 2. The maximum atomic E-state index is 13.9. The van der Waals surface area contributed by atoms with Gasteiger partial charge in [0.15, 0.2) is 0 Å². The van der Waals surface area contributed by atoms with Crippen molar-refractivity contribution in [1.29, 1.82) is 0 Å². The highest BCUT2D eigenvalue weighted by atomic mass is 35.5. The molecule has 0 saturated carbocycles. The van der Waals surface area contributed by atoms with Crippen molar-refractivity contribution in [1.82, 2.24) is 4.90 Å². The molecule has 0 N–H and O–H groups in total. The maximum Gasteiger partial charge on any atom is 0.293 e. The van der Waals surface area contributed by atoms with E-state index in [2.05, 4.69) is 0 Å². The zero-order valence-corrected chi connectivity index (χ0v) is 17.8. The van der Waals surface area contributed by atoms with Crippen LogP contribution in [0.1, 0.15) is 16.7 Å². The minimum Gasteiger partial charge on any atom is -0.488 e. The minimum absolute atomic E-state index is 0.108. The van der Waals surface area contributed by atoms with E-state index in [1.54, 1.807) is 42.5 Å². The molecule has 7 heteroatoms. The monoisotopic (exact) mass is 453 g/mol. The highest BCUT2D eigenvalue weighted by molar-refractivity contribution is 8.18. The predicted molar refractivity (Wildman–Crippen MR) is 120 cm³/mol. The van der Waals surface area contributed by atoms with Gasteiger partial charge in [-0.05, 0) is 47.7 Å². The molecule has 0 aromatic heterocycles. The molecule has 0 atom stereocenters. The van der Waals surface area contributed by atoms with E-state index in [1.165, 1.54) is 6.07 Å². The second-order valence-electron chi connectivity index (χ2n) is 6.81. The van der Waals surface area contributed by atoms with Crippen molar-refractivity contribution in [3.8, 4) is 5.75 Å². The summed E-state index contributed by atoms with van der Waals surface area (Å²) in [6.07, 6.45) is 1.63. The van der Waals surface area contributed by atoms with E-state index in [1.807, 2.05) is 30.3 Å². The number of hydrogen-bond donors (Lipinski definition) is 0. The second kappa shape index (κ2) is 9.37. The number of nitrogens with zero attached hydrogens (tertiary/aromatic N) is 1. The SMILES string of the molecule is O=C1S/C(=C/c2ccccc2OCc2ccc(Cl)cc2)C(=O)N1Cc1ccccc1F. The van der Waals surface area contributed by atoms with Gasteiger partial charge >= 0.3 is 0 Å². The van der Waals surface area contributed by atoms with Crippen LogP contribution in [0, 0.1) is 5.82 Å². The first-order valence-corrected chi connectivity index (χ1v) is 10.7. The molecule has 0 aliphatic carbocycles. The van der Waals surface area contributed by atoms with E-state index < -0.39 is 17.0 Å². The first kappa shape index (κ1) is 21.2. The summed E-state index contributed by atoms with van der Waals surface area (Å²) in [5, 5.41) is 0.217. The van der Waals surface area contributed by atoms with E-state index in [0.717, 1.165) is 22.2 Å². The van der Waals surface area contributed by atoms with Crippen molar-refractivity contribution < 1.29 is 18.7 Å². The summed E-state index contributed by atoms with van der Waals surface area (Å²) < 4.78 is 19.9. The Hall–Kier alpha value is -3.09. The van der Waals surface area contributed by atoms with Crippen LogP contribution in [-0.4, -0.2) is 16.0 Å². The van der Waals surface area contributed by atoms with Gasteiger partial charge in [-0.3, -0.25) is 14.5 Å². The summed E-state index contributed by atoms with van der Waals surface area (Å²) in [5.74, 6) is -0.324. The Labute approximate surface area is 188 Å². The molecule has 31 heavy (non-hydrogen) atoms. The Bertz CT molecular complexity index is 1160. The third-order valence-electron chi connectivity index (χ3n) is 4.67. The van der Waals surface area contributed by atoms with E-state index >= 15 is 0 Å². The van der Waals surface area contributed by atoms with Crippen molar-refractivity contribution in [3.05, 3.63) is 105 Å². The number of carbonyl (C=O) groups excluding carboxylic acids is 2. The van der Waals surface area contributed by atoms with E-state index in [9.17, 15) is 14.0 Å². The van der Waals surface area contributed by atoms with Gasteiger partial charge in [-0.25, -0.2) is 4.39 Å². The Balaban J connectivity index is 1.52. The van der Waals surface area contributed by atoms with Gasteiger partial charge < -0.3 is 4.74 Å². The molecular weight excluding hydrogens is 437 g/mol. The molecule has 0 bridgehead atoms. The topological polar surface area (TPSA) is 46.6 Å². The van der Waals surface area contributed by atoms with Crippen LogP contribution >= 0.6 is 23.4 Å². The molecule has 0 spiro atoms. The second-order valence-corrected chi connectivity index (χ2v) is 8.24. The smallest absolute Gasteiger partial charge is 0.293 e. The van der Waals surface area contributed by atoms with Crippen molar-refractivity contribution in [2.24, 2.45) is 0 Å². The highest BCUT2D eigenvalue weighted by Crippen LogP contribution is 2.35. The third-order valence-corrected chi connectivity index (χ3v) is 5.83. The molecule has 0 radical (unpaired) electrons. The van der Waals surface area contributed by atoms with Gasteiger partial charge in [0.2, 0.25) is 0 Å². The Morgan fingerprint density at radius 2 is 1.68 bits per heavy atom. The van der Waals surface area contributed by atoms with Crippen LogP contribution < -0.4 is 4.74 Å². The van der Waals surface area contributed by atoms with Gasteiger partial charge in [-0.2, -0.15) is 0 Å². The molecule has 0 unspecified atom stereocenters. The molecule has 1 heterocycles. The van der Waals surface area contributed by atoms with Gasteiger partial charge in [0.1, 0.15) is 18.2 Å². The number of halogens is 2. The quantitative estimate of drug-likeness (QED) is 0.411. The zero-order chi connectivity index (χ0) is 21.8. The van der Waals surface area contributed by atoms with E-state index in [4.69, 9.17) is 16.3 Å². The van der Waals surface area contributed by atoms with Crippen LogP contribution in [0.4, 0.5) is 9.18 Å². The third kappa shape index (κ3) is 4.98. The summed E-state index contributed by atoms with van der Waals surface area (Å²) in [5.41, 5.74) is 1.91. The summed E-state index contributed by atoms with van der Waals surface area (Å²) >= 11 is 6.74. The van der Waals surface area contributed by atoms with Crippen LogP contribution in [-0.2, 0) is 17.9 Å². The number of benzene rings is 3. The van der Waals surface area contributed by atoms with Gasteiger partial charge in [0, 0.05) is 16.1 Å². The zero-order valence-electron chi connectivity index (χ0n) is 16.3. The number of ether oxygens (including phenoxy) is 1. The number of para-hydroxylation sites is 1. The molecule has 4 nitrogen and oxygen atoms in total. The number of carbonyl (C=O) groups is 2. The van der Waals surface area contributed by atoms with Gasteiger partial charge in [-0.15, -0.1) is 0 Å². The van der Waals surface area contributed by atoms with E-state index in [0.29, 0.717) is 22.9 Å². The summed E-state index contributed by atoms with van der Waals surface area (Å²) in [4.78, 5) is 26.5. The first-order valence-electron chi connectivity index (χ1n) is 9.46. The Morgan fingerprint density at radius 1 is 0.968 bits per heavy atom. The number of hydrogen-bond acceptors (Lipinski definition) is 4. The molecule has 1 aliphatic heterocycles. The lowest BCUT2D eigenvalue weighted by Gasteiger charge is -2.13. The van der Waals surface area contributed by atoms with Crippen molar-refractivity contribution >= 4 is 40.6 Å². The average Bonchev–Trinajstić information content (AvgIpc) is 3.03. The predicted octanol–water partition coefficient (Wildman–Crippen LogP) is 6.29. The van der Waals surface area contributed by atoms with E-state index in [-0.39, 0.29) is 17.0 Å². The molecule has 3 aromatic rings. The van der Waals surface area contributed by atoms with Gasteiger partial charge in [0.25, 0.3) is 11.1 Å². The van der Waals surface area contributed by atoms with Crippen molar-refractivity contribution in [2.45, 2.75) is 13.2 Å². The van der Waals surface area contributed by atoms with Gasteiger partial charge in [-0.1, -0.05) is 60.1 Å². The van der Waals surface area contributed by atoms with Gasteiger partial charge in [0.05, 0.1) is 11.4 Å². The fourth-order valence-electron chi connectivity index (χ4n) is 3.05. The summed E-state index contributed by atoms with van der Waals surface area (Å²) in [7, 11) is 0. The molecule has 1 aliphatic rings. The van der Waals surface area contributed by atoms with Crippen LogP contribution in [0.5, 0.6) is 5.75 Å². The normalized spacial score (nSPS) is 15.0. The Morgan fingerprint density at radius 3 is 2.45 bits per heavy atom. The number of rotatable bonds is 6. The number of imide groups is 1. The molecule has 1 saturated heterocycles. The van der Waals surface area contributed by atoms with Crippen LogP contribution in [0.3, 0.4) is 0 Å². The molecule has 3 aromatic carbocycles.